The zero-order chi connectivity index (χ0) is 19.4. The Bertz CT molecular complexity index is 740. The first-order valence-corrected chi connectivity index (χ1v) is 11.5. The van der Waals surface area contributed by atoms with Gasteiger partial charge in [-0.1, -0.05) is 13.8 Å². The first-order valence-electron chi connectivity index (χ1n) is 10.0. The van der Waals surface area contributed by atoms with Crippen LogP contribution in [0, 0.1) is 5.92 Å². The first-order chi connectivity index (χ1) is 12.9. The molecule has 1 N–H and O–H groups in total. The molecule has 1 aromatic rings. The van der Waals surface area contributed by atoms with Gasteiger partial charge < -0.3 is 5.32 Å². The fraction of sp³-hybridized carbons (Fsp3) is 0.650. The molecule has 0 unspecified atom stereocenters. The highest BCUT2D eigenvalue weighted by atomic mass is 32.2. The number of benzene rings is 1. The summed E-state index contributed by atoms with van der Waals surface area (Å²) < 4.78 is 27.1. The molecule has 27 heavy (non-hydrogen) atoms. The Hall–Kier alpha value is -1.44. The molecule has 6 nitrogen and oxygen atoms in total. The summed E-state index contributed by atoms with van der Waals surface area (Å²) in [6.45, 7) is 8.17. The van der Waals surface area contributed by atoms with Crippen LogP contribution in [-0.2, 0) is 10.0 Å². The molecular formula is C20H31N3O3S. The molecule has 0 aromatic heterocycles. The monoisotopic (exact) mass is 393 g/mol. The normalized spacial score (nSPS) is 22.8. The average molecular weight is 394 g/mol. The van der Waals surface area contributed by atoms with Crippen molar-refractivity contribution in [3.8, 4) is 0 Å². The number of sulfonamides is 1. The van der Waals surface area contributed by atoms with E-state index in [1.807, 2.05) is 0 Å². The molecular weight excluding hydrogens is 362 g/mol. The summed E-state index contributed by atoms with van der Waals surface area (Å²) in [5.74, 6) is 0.430. The molecule has 0 spiro atoms. The summed E-state index contributed by atoms with van der Waals surface area (Å²) in [6, 6.07) is 6.73. The van der Waals surface area contributed by atoms with Crippen LogP contribution in [0.5, 0.6) is 0 Å². The van der Waals surface area contributed by atoms with E-state index in [-0.39, 0.29) is 10.8 Å². The van der Waals surface area contributed by atoms with E-state index in [2.05, 4.69) is 24.1 Å². The molecule has 2 saturated heterocycles. The third kappa shape index (κ3) is 4.70. The Balaban J connectivity index is 1.60. The van der Waals surface area contributed by atoms with Crippen molar-refractivity contribution in [2.75, 3.05) is 32.7 Å². The fourth-order valence-electron chi connectivity index (χ4n) is 4.01. The topological polar surface area (TPSA) is 69.7 Å². The number of rotatable bonds is 6. The Morgan fingerprint density at radius 1 is 1.11 bits per heavy atom. The largest absolute Gasteiger partial charge is 0.350 e. The Labute approximate surface area is 163 Å². The average Bonchev–Trinajstić information content (AvgIpc) is 3.14. The summed E-state index contributed by atoms with van der Waals surface area (Å²) in [4.78, 5) is 15.1. The number of carbonyl (C=O) groups excluding carboxylic acids is 1. The predicted octanol–water partition coefficient (Wildman–Crippen LogP) is 2.32. The van der Waals surface area contributed by atoms with Crippen LogP contribution in [0.1, 0.15) is 49.9 Å². The lowest BCUT2D eigenvalue weighted by molar-refractivity contribution is 0.0941. The maximum Gasteiger partial charge on any atom is 0.251 e. The highest BCUT2D eigenvalue weighted by Crippen LogP contribution is 2.23. The summed E-state index contributed by atoms with van der Waals surface area (Å²) in [5, 5.41) is 2.99. The molecule has 0 aliphatic carbocycles. The van der Waals surface area contributed by atoms with Gasteiger partial charge in [0.1, 0.15) is 0 Å². The number of hydrogen-bond acceptors (Lipinski definition) is 4. The Morgan fingerprint density at radius 3 is 2.41 bits per heavy atom. The fourth-order valence-corrected chi connectivity index (χ4v) is 5.48. The zero-order valence-electron chi connectivity index (χ0n) is 16.4. The third-order valence-corrected chi connectivity index (χ3v) is 7.81. The van der Waals surface area contributed by atoms with Gasteiger partial charge in [0.25, 0.3) is 5.91 Å². The number of nitrogens with zero attached hydrogens (tertiary/aromatic N) is 2. The minimum atomic E-state index is -3.47. The van der Waals surface area contributed by atoms with E-state index in [1.165, 1.54) is 6.42 Å². The minimum Gasteiger partial charge on any atom is -0.350 e. The lowest BCUT2D eigenvalue weighted by atomic mass is 10.0. The van der Waals surface area contributed by atoms with Gasteiger partial charge in [-0.3, -0.25) is 9.69 Å². The maximum absolute atomic E-state index is 12.8. The smallest absolute Gasteiger partial charge is 0.251 e. The molecule has 1 aromatic carbocycles. The van der Waals surface area contributed by atoms with E-state index >= 15 is 0 Å². The molecule has 2 aliphatic heterocycles. The van der Waals surface area contributed by atoms with Crippen molar-refractivity contribution in [2.24, 2.45) is 5.92 Å². The van der Waals surface area contributed by atoms with E-state index in [0.717, 1.165) is 32.4 Å². The van der Waals surface area contributed by atoms with Crippen molar-refractivity contribution in [1.82, 2.24) is 14.5 Å². The summed E-state index contributed by atoms with van der Waals surface area (Å²) >= 11 is 0. The molecule has 150 valence electrons. The number of carbonyl (C=O) groups is 1. The van der Waals surface area contributed by atoms with Crippen LogP contribution < -0.4 is 5.32 Å². The van der Waals surface area contributed by atoms with Gasteiger partial charge in [0.2, 0.25) is 10.0 Å². The third-order valence-electron chi connectivity index (χ3n) is 5.90. The number of likely N-dealkylation sites (tertiary alicyclic amines) is 1. The molecule has 0 bridgehead atoms. The summed E-state index contributed by atoms with van der Waals surface area (Å²) in [7, 11) is -3.47. The molecule has 2 heterocycles. The molecule has 1 atom stereocenters. The van der Waals surface area contributed by atoms with Crippen LogP contribution in [-0.4, -0.2) is 62.3 Å². The molecule has 3 rings (SSSR count). The van der Waals surface area contributed by atoms with Gasteiger partial charge in [0, 0.05) is 31.2 Å². The van der Waals surface area contributed by atoms with Crippen molar-refractivity contribution in [3.05, 3.63) is 29.8 Å². The second kappa shape index (κ2) is 8.71. The van der Waals surface area contributed by atoms with E-state index < -0.39 is 10.0 Å². The van der Waals surface area contributed by atoms with Crippen molar-refractivity contribution in [1.29, 1.82) is 0 Å². The van der Waals surface area contributed by atoms with E-state index in [1.54, 1.807) is 28.6 Å². The van der Waals surface area contributed by atoms with E-state index in [4.69, 9.17) is 0 Å². The number of nitrogens with one attached hydrogen (secondary N) is 1. The zero-order valence-corrected chi connectivity index (χ0v) is 17.2. The van der Waals surface area contributed by atoms with Crippen LogP contribution >= 0.6 is 0 Å². The van der Waals surface area contributed by atoms with Crippen LogP contribution in [0.4, 0.5) is 0 Å². The number of piperidine rings is 1. The maximum atomic E-state index is 12.8. The van der Waals surface area contributed by atoms with Gasteiger partial charge in [0.05, 0.1) is 4.90 Å². The first kappa shape index (κ1) is 20.3. The molecule has 2 fully saturated rings. The number of hydrogen-bond donors (Lipinski definition) is 1. The van der Waals surface area contributed by atoms with Gasteiger partial charge in [-0.25, -0.2) is 8.42 Å². The molecule has 2 aliphatic rings. The van der Waals surface area contributed by atoms with Gasteiger partial charge in [0.15, 0.2) is 0 Å². The van der Waals surface area contributed by atoms with Crippen molar-refractivity contribution < 1.29 is 13.2 Å². The summed E-state index contributed by atoms with van der Waals surface area (Å²) in [6.07, 6.45) is 4.08. The lowest BCUT2D eigenvalue weighted by Crippen LogP contribution is -2.40. The molecule has 0 saturated carbocycles. The lowest BCUT2D eigenvalue weighted by Gasteiger charge is -2.29. The van der Waals surface area contributed by atoms with Gasteiger partial charge in [-0.2, -0.15) is 4.31 Å². The van der Waals surface area contributed by atoms with Crippen molar-refractivity contribution >= 4 is 15.9 Å². The van der Waals surface area contributed by atoms with Gasteiger partial charge >= 0.3 is 0 Å². The van der Waals surface area contributed by atoms with Crippen molar-refractivity contribution in [3.63, 3.8) is 0 Å². The summed E-state index contributed by atoms with van der Waals surface area (Å²) in [5.41, 5.74) is 0.502. The number of amides is 1. The molecule has 7 heteroatoms. The van der Waals surface area contributed by atoms with Crippen LogP contribution in [0.25, 0.3) is 0 Å². The standard InChI is InChI=1S/C20H31N3O3S/c1-3-22-12-4-5-18(22)15-21-20(24)17-6-8-19(9-7-17)27(25,26)23-13-10-16(2)11-14-23/h6-9,16,18H,3-5,10-15H2,1-2H3,(H,21,24)/t18-/m1/s1. The second-order valence-electron chi connectivity index (χ2n) is 7.75. The van der Waals surface area contributed by atoms with Crippen LogP contribution in [0.15, 0.2) is 29.2 Å². The predicted molar refractivity (Wildman–Crippen MR) is 106 cm³/mol. The molecule has 1 amide bonds. The van der Waals surface area contributed by atoms with Crippen LogP contribution in [0.3, 0.4) is 0 Å². The number of likely N-dealkylation sites (N-methyl/N-ethyl adjacent to an activating group) is 1. The molecule has 0 radical (unpaired) electrons. The second-order valence-corrected chi connectivity index (χ2v) is 9.68. The highest BCUT2D eigenvalue weighted by molar-refractivity contribution is 7.89. The quantitative estimate of drug-likeness (QED) is 0.805. The van der Waals surface area contributed by atoms with Crippen molar-refractivity contribution in [2.45, 2.75) is 50.5 Å². The Kier molecular flexibility index (Phi) is 6.55. The highest BCUT2D eigenvalue weighted by Gasteiger charge is 2.28. The van der Waals surface area contributed by atoms with Gasteiger partial charge in [-0.15, -0.1) is 0 Å². The van der Waals surface area contributed by atoms with Crippen LogP contribution in [0.2, 0.25) is 0 Å². The van der Waals surface area contributed by atoms with E-state index in [9.17, 15) is 13.2 Å². The Morgan fingerprint density at radius 2 is 1.78 bits per heavy atom. The van der Waals surface area contributed by atoms with Gasteiger partial charge in [-0.05, 0) is 69.0 Å². The minimum absolute atomic E-state index is 0.145. The van der Waals surface area contributed by atoms with E-state index in [0.29, 0.717) is 37.2 Å². The SMILES string of the molecule is CCN1CCC[C@@H]1CNC(=O)c1ccc(S(=O)(=O)N2CCC(C)CC2)cc1.